The lowest BCUT2D eigenvalue weighted by Crippen LogP contribution is -2.31. The Bertz CT molecular complexity index is 217. The minimum absolute atomic E-state index is 0.217. The molecular weight excluding hydrogens is 196 g/mol. The average Bonchev–Trinajstić information content (AvgIpc) is 2.46. The summed E-state index contributed by atoms with van der Waals surface area (Å²) in [6, 6.07) is 0. The van der Waals surface area contributed by atoms with E-state index in [1.807, 2.05) is 10.3 Å². The van der Waals surface area contributed by atoms with Crippen molar-refractivity contribution in [3.63, 3.8) is 0 Å². The van der Waals surface area contributed by atoms with Gasteiger partial charge in [0.2, 0.25) is 5.91 Å². The lowest BCUT2D eigenvalue weighted by molar-refractivity contribution is -0.130. The van der Waals surface area contributed by atoms with Gasteiger partial charge in [0.25, 0.3) is 0 Å². The minimum Gasteiger partial charge on any atom is -0.343 e. The molecule has 14 heavy (non-hydrogen) atoms. The summed E-state index contributed by atoms with van der Waals surface area (Å²) in [5.41, 5.74) is 0. The van der Waals surface area contributed by atoms with E-state index in [1.54, 1.807) is 0 Å². The first-order valence-corrected chi connectivity index (χ1v) is 6.12. The maximum atomic E-state index is 11.6. The SMILES string of the molecule is N#CSCCC(=O)N1CCCCCC1. The molecule has 0 spiro atoms. The average molecular weight is 212 g/mol. The summed E-state index contributed by atoms with van der Waals surface area (Å²) in [7, 11) is 0. The van der Waals surface area contributed by atoms with Crippen LogP contribution in [0.2, 0.25) is 0 Å². The van der Waals surface area contributed by atoms with Crippen LogP contribution in [0.15, 0.2) is 0 Å². The molecule has 1 aliphatic heterocycles. The molecule has 1 heterocycles. The molecule has 1 aliphatic rings. The van der Waals surface area contributed by atoms with Crippen molar-refractivity contribution in [2.75, 3.05) is 18.8 Å². The summed E-state index contributed by atoms with van der Waals surface area (Å²) in [4.78, 5) is 13.6. The van der Waals surface area contributed by atoms with Crippen LogP contribution in [0.3, 0.4) is 0 Å². The predicted molar refractivity (Wildman–Crippen MR) is 57.7 cm³/mol. The largest absolute Gasteiger partial charge is 0.343 e. The molecule has 0 atom stereocenters. The second-order valence-electron chi connectivity index (χ2n) is 3.48. The van der Waals surface area contributed by atoms with Gasteiger partial charge in [-0.3, -0.25) is 4.79 Å². The zero-order chi connectivity index (χ0) is 10.2. The number of rotatable bonds is 3. The molecule has 0 aromatic carbocycles. The summed E-state index contributed by atoms with van der Waals surface area (Å²) in [6.45, 7) is 1.83. The molecule has 0 bridgehead atoms. The van der Waals surface area contributed by atoms with Crippen LogP contribution in [0.1, 0.15) is 32.1 Å². The number of thiocyanates is 1. The third kappa shape index (κ3) is 4.01. The zero-order valence-electron chi connectivity index (χ0n) is 8.37. The highest BCUT2D eigenvalue weighted by atomic mass is 32.2. The number of hydrogen-bond acceptors (Lipinski definition) is 3. The Morgan fingerprint density at radius 2 is 1.93 bits per heavy atom. The van der Waals surface area contributed by atoms with Crippen LogP contribution in [-0.2, 0) is 4.79 Å². The molecule has 78 valence electrons. The predicted octanol–water partition coefficient (Wildman–Crippen LogP) is 1.99. The van der Waals surface area contributed by atoms with Gasteiger partial charge in [0.1, 0.15) is 5.40 Å². The highest BCUT2D eigenvalue weighted by Crippen LogP contribution is 2.11. The van der Waals surface area contributed by atoms with Gasteiger partial charge in [-0.05, 0) is 24.6 Å². The Balaban J connectivity index is 2.24. The van der Waals surface area contributed by atoms with Crippen molar-refractivity contribution < 1.29 is 4.79 Å². The van der Waals surface area contributed by atoms with E-state index >= 15 is 0 Å². The maximum Gasteiger partial charge on any atom is 0.223 e. The first-order chi connectivity index (χ1) is 6.84. The number of carbonyl (C=O) groups is 1. The van der Waals surface area contributed by atoms with Crippen LogP contribution >= 0.6 is 11.8 Å². The normalized spacial score (nSPS) is 17.2. The van der Waals surface area contributed by atoms with Gasteiger partial charge >= 0.3 is 0 Å². The van der Waals surface area contributed by atoms with Crippen molar-refractivity contribution in [3.05, 3.63) is 0 Å². The van der Waals surface area contributed by atoms with Gasteiger partial charge in [-0.15, -0.1) is 0 Å². The fourth-order valence-electron chi connectivity index (χ4n) is 1.66. The standard InChI is InChI=1S/C10H16N2OS/c11-9-14-8-5-10(13)12-6-3-1-2-4-7-12/h1-8H2. The van der Waals surface area contributed by atoms with Crippen LogP contribution in [0, 0.1) is 10.7 Å². The van der Waals surface area contributed by atoms with Gasteiger partial charge in [-0.2, -0.15) is 5.26 Å². The number of thioether (sulfide) groups is 1. The number of likely N-dealkylation sites (tertiary alicyclic amines) is 1. The summed E-state index contributed by atoms with van der Waals surface area (Å²) in [5.74, 6) is 0.848. The van der Waals surface area contributed by atoms with E-state index < -0.39 is 0 Å². The second-order valence-corrected chi connectivity index (χ2v) is 4.36. The molecule has 0 aliphatic carbocycles. The van der Waals surface area contributed by atoms with Crippen molar-refractivity contribution in [1.82, 2.24) is 4.90 Å². The molecule has 1 rings (SSSR count). The van der Waals surface area contributed by atoms with Crippen LogP contribution in [0.5, 0.6) is 0 Å². The summed E-state index contributed by atoms with van der Waals surface area (Å²) >= 11 is 1.16. The molecule has 0 radical (unpaired) electrons. The lowest BCUT2D eigenvalue weighted by atomic mass is 10.2. The Kier molecular flexibility index (Phi) is 5.46. The number of carbonyl (C=O) groups excluding carboxylic acids is 1. The first kappa shape index (κ1) is 11.4. The van der Waals surface area contributed by atoms with Crippen LogP contribution < -0.4 is 0 Å². The Morgan fingerprint density at radius 1 is 1.29 bits per heavy atom. The van der Waals surface area contributed by atoms with Crippen LogP contribution in [0.4, 0.5) is 0 Å². The van der Waals surface area contributed by atoms with Crippen molar-refractivity contribution >= 4 is 17.7 Å². The summed E-state index contributed by atoms with van der Waals surface area (Å²) in [6.07, 6.45) is 5.28. The third-order valence-electron chi connectivity index (χ3n) is 2.44. The Morgan fingerprint density at radius 3 is 2.50 bits per heavy atom. The molecule has 0 unspecified atom stereocenters. The number of hydrogen-bond donors (Lipinski definition) is 0. The van der Waals surface area contributed by atoms with E-state index in [0.29, 0.717) is 12.2 Å². The first-order valence-electron chi connectivity index (χ1n) is 5.13. The van der Waals surface area contributed by atoms with Gasteiger partial charge < -0.3 is 4.90 Å². The summed E-state index contributed by atoms with van der Waals surface area (Å²) < 4.78 is 0. The third-order valence-corrected chi connectivity index (χ3v) is 2.98. The molecule has 1 amide bonds. The fourth-order valence-corrected chi connectivity index (χ4v) is 2.03. The highest BCUT2D eigenvalue weighted by molar-refractivity contribution is 8.03. The summed E-state index contributed by atoms with van der Waals surface area (Å²) in [5, 5.41) is 10.3. The maximum absolute atomic E-state index is 11.6. The number of nitriles is 1. The van der Waals surface area contributed by atoms with Gasteiger partial charge in [0.15, 0.2) is 0 Å². The van der Waals surface area contributed by atoms with Gasteiger partial charge in [-0.1, -0.05) is 12.8 Å². The smallest absolute Gasteiger partial charge is 0.223 e. The van der Waals surface area contributed by atoms with Crippen molar-refractivity contribution in [2.24, 2.45) is 0 Å². The molecule has 0 aromatic rings. The van der Waals surface area contributed by atoms with E-state index in [2.05, 4.69) is 0 Å². The zero-order valence-corrected chi connectivity index (χ0v) is 9.18. The van der Waals surface area contributed by atoms with Crippen LogP contribution in [0.25, 0.3) is 0 Å². The molecule has 0 aromatic heterocycles. The highest BCUT2D eigenvalue weighted by Gasteiger charge is 2.14. The lowest BCUT2D eigenvalue weighted by Gasteiger charge is -2.19. The molecule has 1 saturated heterocycles. The second kappa shape index (κ2) is 6.72. The quantitative estimate of drug-likeness (QED) is 0.531. The van der Waals surface area contributed by atoms with E-state index in [4.69, 9.17) is 5.26 Å². The van der Waals surface area contributed by atoms with Gasteiger partial charge in [-0.25, -0.2) is 0 Å². The molecule has 1 fully saturated rings. The van der Waals surface area contributed by atoms with Crippen molar-refractivity contribution in [1.29, 1.82) is 5.26 Å². The minimum atomic E-state index is 0.217. The Labute approximate surface area is 89.5 Å². The van der Waals surface area contributed by atoms with Gasteiger partial charge in [0.05, 0.1) is 0 Å². The van der Waals surface area contributed by atoms with Crippen LogP contribution in [-0.4, -0.2) is 29.6 Å². The fraction of sp³-hybridized carbons (Fsp3) is 0.800. The number of amides is 1. The van der Waals surface area contributed by atoms with E-state index in [1.165, 1.54) is 12.8 Å². The molecule has 4 heteroatoms. The van der Waals surface area contributed by atoms with E-state index in [0.717, 1.165) is 37.7 Å². The molecule has 3 nitrogen and oxygen atoms in total. The molecule has 0 N–H and O–H groups in total. The monoisotopic (exact) mass is 212 g/mol. The van der Waals surface area contributed by atoms with Crippen molar-refractivity contribution in [2.45, 2.75) is 32.1 Å². The molecule has 0 saturated carbocycles. The van der Waals surface area contributed by atoms with Crippen molar-refractivity contribution in [3.8, 4) is 5.40 Å². The number of nitrogens with zero attached hydrogens (tertiary/aromatic N) is 2. The molecular formula is C10H16N2OS. The van der Waals surface area contributed by atoms with E-state index in [-0.39, 0.29) is 5.91 Å². The topological polar surface area (TPSA) is 44.1 Å². The van der Waals surface area contributed by atoms with E-state index in [9.17, 15) is 4.79 Å². The van der Waals surface area contributed by atoms with Gasteiger partial charge in [0, 0.05) is 25.3 Å². The Hall–Kier alpha value is -0.690.